The smallest absolute Gasteiger partial charge is 0.357 e. The van der Waals surface area contributed by atoms with Gasteiger partial charge in [0.05, 0.1) is 23.9 Å². The summed E-state index contributed by atoms with van der Waals surface area (Å²) < 4.78 is 18.5. The lowest BCUT2D eigenvalue weighted by molar-refractivity contribution is 0.0520. The normalized spacial score (nSPS) is 9.85. The van der Waals surface area contributed by atoms with Crippen molar-refractivity contribution in [1.82, 2.24) is 4.98 Å². The van der Waals surface area contributed by atoms with Crippen molar-refractivity contribution in [1.29, 1.82) is 5.26 Å². The number of aromatic nitrogens is 1. The third-order valence-electron chi connectivity index (χ3n) is 2.33. The van der Waals surface area contributed by atoms with Crippen molar-refractivity contribution in [3.05, 3.63) is 40.7 Å². The molecular weight excluding hydrogens is 281 g/mol. The first-order valence-electron chi connectivity index (χ1n) is 5.73. The lowest BCUT2D eigenvalue weighted by atomic mass is 10.2. The van der Waals surface area contributed by atoms with Crippen LogP contribution >= 0.6 is 11.3 Å². The number of rotatable bonds is 4. The molecule has 0 radical (unpaired) electrons. The van der Waals surface area contributed by atoms with Gasteiger partial charge in [-0.3, -0.25) is 0 Å². The summed E-state index contributed by atoms with van der Waals surface area (Å²) in [5.74, 6) is -1.07. The van der Waals surface area contributed by atoms with Gasteiger partial charge in [0.25, 0.3) is 0 Å². The van der Waals surface area contributed by atoms with E-state index in [0.29, 0.717) is 5.13 Å². The van der Waals surface area contributed by atoms with E-state index in [2.05, 4.69) is 10.3 Å². The van der Waals surface area contributed by atoms with Crippen LogP contribution in [0.4, 0.5) is 15.2 Å². The molecule has 0 aliphatic carbocycles. The lowest BCUT2D eigenvalue weighted by Crippen LogP contribution is -2.05. The first-order chi connectivity index (χ1) is 9.63. The van der Waals surface area contributed by atoms with Crippen LogP contribution in [-0.2, 0) is 4.74 Å². The van der Waals surface area contributed by atoms with Gasteiger partial charge < -0.3 is 10.1 Å². The van der Waals surface area contributed by atoms with Crippen LogP contribution in [0.3, 0.4) is 0 Å². The van der Waals surface area contributed by atoms with Crippen molar-refractivity contribution in [2.24, 2.45) is 0 Å². The van der Waals surface area contributed by atoms with Crippen LogP contribution in [0.5, 0.6) is 0 Å². The Morgan fingerprint density at radius 2 is 2.40 bits per heavy atom. The molecule has 2 rings (SSSR count). The van der Waals surface area contributed by atoms with Crippen molar-refractivity contribution in [2.45, 2.75) is 6.92 Å². The Morgan fingerprint density at radius 3 is 3.05 bits per heavy atom. The quantitative estimate of drug-likeness (QED) is 0.876. The van der Waals surface area contributed by atoms with E-state index in [1.807, 2.05) is 6.07 Å². The number of nitrogens with zero attached hydrogens (tertiary/aromatic N) is 2. The van der Waals surface area contributed by atoms with Crippen LogP contribution in [0.1, 0.15) is 23.0 Å². The average molecular weight is 291 g/mol. The molecule has 1 heterocycles. The molecule has 0 bridgehead atoms. The largest absolute Gasteiger partial charge is 0.461 e. The highest BCUT2D eigenvalue weighted by atomic mass is 32.1. The number of ether oxygens (including phenoxy) is 1. The number of carbonyl (C=O) groups is 1. The zero-order chi connectivity index (χ0) is 14.5. The molecule has 0 amide bonds. The van der Waals surface area contributed by atoms with Crippen LogP contribution in [0.2, 0.25) is 0 Å². The van der Waals surface area contributed by atoms with E-state index in [1.165, 1.54) is 17.5 Å². The van der Waals surface area contributed by atoms with Crippen LogP contribution in [0.15, 0.2) is 23.6 Å². The molecule has 1 aromatic heterocycles. The average Bonchev–Trinajstić information content (AvgIpc) is 2.90. The van der Waals surface area contributed by atoms with Gasteiger partial charge in [-0.05, 0) is 25.1 Å². The number of benzene rings is 1. The van der Waals surface area contributed by atoms with E-state index in [9.17, 15) is 9.18 Å². The molecule has 0 unspecified atom stereocenters. The van der Waals surface area contributed by atoms with Crippen molar-refractivity contribution in [3.63, 3.8) is 0 Å². The van der Waals surface area contributed by atoms with E-state index in [4.69, 9.17) is 10.00 Å². The van der Waals surface area contributed by atoms with Crippen LogP contribution in [0.25, 0.3) is 0 Å². The molecule has 0 saturated heterocycles. The fraction of sp³-hybridized carbons (Fsp3) is 0.154. The van der Waals surface area contributed by atoms with Gasteiger partial charge in [-0.15, -0.1) is 11.3 Å². The van der Waals surface area contributed by atoms with Crippen molar-refractivity contribution in [3.8, 4) is 6.07 Å². The van der Waals surface area contributed by atoms with Gasteiger partial charge in [-0.25, -0.2) is 14.2 Å². The Morgan fingerprint density at radius 1 is 1.60 bits per heavy atom. The monoisotopic (exact) mass is 291 g/mol. The van der Waals surface area contributed by atoms with Crippen LogP contribution in [0, 0.1) is 17.1 Å². The molecule has 20 heavy (non-hydrogen) atoms. The number of carbonyl (C=O) groups excluding carboxylic acids is 1. The van der Waals surface area contributed by atoms with Gasteiger partial charge in [-0.1, -0.05) is 0 Å². The molecule has 102 valence electrons. The molecule has 0 aliphatic rings. The minimum atomic E-state index is -0.558. The zero-order valence-electron chi connectivity index (χ0n) is 10.5. The standard InChI is InChI=1S/C13H10FN3O2S/c1-2-19-12(18)11-7-20-13(17-11)16-10-4-3-8(6-15)5-9(10)14/h3-5,7H,2H2,1H3,(H,16,17). The molecular formula is C13H10FN3O2S. The number of hydrogen-bond acceptors (Lipinski definition) is 6. The summed E-state index contributed by atoms with van der Waals surface area (Å²) >= 11 is 1.16. The second kappa shape index (κ2) is 6.12. The highest BCUT2D eigenvalue weighted by Crippen LogP contribution is 2.24. The Hall–Kier alpha value is -2.46. The molecule has 0 atom stereocenters. The maximum Gasteiger partial charge on any atom is 0.357 e. The van der Waals surface area contributed by atoms with Crippen LogP contribution in [-0.4, -0.2) is 17.6 Å². The summed E-state index contributed by atoms with van der Waals surface area (Å²) in [7, 11) is 0. The molecule has 0 saturated carbocycles. The third-order valence-corrected chi connectivity index (χ3v) is 3.09. The minimum Gasteiger partial charge on any atom is -0.461 e. The van der Waals surface area contributed by atoms with Crippen molar-refractivity contribution < 1.29 is 13.9 Å². The number of esters is 1. The molecule has 1 aromatic carbocycles. The second-order valence-electron chi connectivity index (χ2n) is 3.69. The molecule has 5 nitrogen and oxygen atoms in total. The van der Waals surface area contributed by atoms with Crippen LogP contribution < -0.4 is 5.32 Å². The predicted octanol–water partition coefficient (Wildman–Crippen LogP) is 3.07. The molecule has 0 aliphatic heterocycles. The van der Waals surface area contributed by atoms with Gasteiger partial charge in [-0.2, -0.15) is 5.26 Å². The number of nitrogens with one attached hydrogen (secondary N) is 1. The molecule has 0 spiro atoms. The van der Waals surface area contributed by atoms with Gasteiger partial charge in [0.1, 0.15) is 5.82 Å². The fourth-order valence-electron chi connectivity index (χ4n) is 1.43. The first-order valence-corrected chi connectivity index (χ1v) is 6.61. The van der Waals surface area contributed by atoms with E-state index < -0.39 is 11.8 Å². The van der Waals surface area contributed by atoms with Gasteiger partial charge in [0.2, 0.25) is 0 Å². The molecule has 2 aromatic rings. The summed E-state index contributed by atoms with van der Waals surface area (Å²) in [6, 6.07) is 5.91. The van der Waals surface area contributed by atoms with Crippen molar-refractivity contribution >= 4 is 28.1 Å². The summed E-state index contributed by atoms with van der Waals surface area (Å²) in [5, 5.41) is 13.3. The van der Waals surface area contributed by atoms with E-state index in [1.54, 1.807) is 6.92 Å². The SMILES string of the molecule is CCOC(=O)c1csc(Nc2ccc(C#N)cc2F)n1. The topological polar surface area (TPSA) is 75.0 Å². The summed E-state index contributed by atoms with van der Waals surface area (Å²) in [6.45, 7) is 1.97. The van der Waals surface area contributed by atoms with E-state index >= 15 is 0 Å². The second-order valence-corrected chi connectivity index (χ2v) is 4.55. The van der Waals surface area contributed by atoms with Gasteiger partial charge >= 0.3 is 5.97 Å². The number of hydrogen-bond donors (Lipinski definition) is 1. The number of thiazole rings is 1. The summed E-state index contributed by atoms with van der Waals surface area (Å²) in [5.41, 5.74) is 0.599. The number of halogens is 1. The van der Waals surface area contributed by atoms with Gasteiger partial charge in [0, 0.05) is 5.38 Å². The third kappa shape index (κ3) is 3.10. The number of anilines is 2. The highest BCUT2D eigenvalue weighted by molar-refractivity contribution is 7.14. The minimum absolute atomic E-state index is 0.174. The maximum absolute atomic E-state index is 13.7. The van der Waals surface area contributed by atoms with E-state index in [0.717, 1.165) is 17.4 Å². The summed E-state index contributed by atoms with van der Waals surface area (Å²) in [4.78, 5) is 15.5. The Bertz CT molecular complexity index is 678. The Labute approximate surface area is 118 Å². The zero-order valence-corrected chi connectivity index (χ0v) is 11.3. The molecule has 7 heteroatoms. The Balaban J connectivity index is 2.15. The van der Waals surface area contributed by atoms with Gasteiger partial charge in [0.15, 0.2) is 10.8 Å². The molecule has 0 fully saturated rings. The first kappa shape index (κ1) is 14.0. The highest BCUT2D eigenvalue weighted by Gasteiger charge is 2.12. The van der Waals surface area contributed by atoms with Crippen molar-refractivity contribution in [2.75, 3.05) is 11.9 Å². The maximum atomic E-state index is 13.7. The predicted molar refractivity (Wildman–Crippen MR) is 72.5 cm³/mol. The summed E-state index contributed by atoms with van der Waals surface area (Å²) in [6.07, 6.45) is 0. The Kier molecular flexibility index (Phi) is 4.27. The molecule has 1 N–H and O–H groups in total. The number of nitriles is 1. The fourth-order valence-corrected chi connectivity index (χ4v) is 2.12. The lowest BCUT2D eigenvalue weighted by Gasteiger charge is -2.03. The van der Waals surface area contributed by atoms with E-state index in [-0.39, 0.29) is 23.6 Å².